The minimum Gasteiger partial charge on any atom is -0.326 e. The summed E-state index contributed by atoms with van der Waals surface area (Å²) in [7, 11) is 0. The first-order valence-electron chi connectivity index (χ1n) is 4.13. The van der Waals surface area contributed by atoms with Gasteiger partial charge in [-0.3, -0.25) is 9.59 Å². The smallest absolute Gasteiger partial charge is 0.231 e. The van der Waals surface area contributed by atoms with Gasteiger partial charge in [0.15, 0.2) is 0 Å². The molecule has 3 nitrogen and oxygen atoms in total. The molecule has 4 heteroatoms. The zero-order valence-corrected chi connectivity index (χ0v) is 7.71. The van der Waals surface area contributed by atoms with Gasteiger partial charge in [-0.2, -0.15) is 0 Å². The second-order valence-corrected chi connectivity index (χ2v) is 2.93. The molecule has 0 saturated carbocycles. The Kier molecular flexibility index (Phi) is 3.34. The van der Waals surface area contributed by atoms with Crippen molar-refractivity contribution in [2.75, 3.05) is 5.32 Å². The second kappa shape index (κ2) is 4.50. The molecule has 0 aliphatic heterocycles. The molecule has 74 valence electrons. The molecule has 0 saturated heterocycles. The fourth-order valence-electron chi connectivity index (χ4n) is 0.965. The molecular weight excluding hydrogens is 185 g/mol. The van der Waals surface area contributed by atoms with Crippen LogP contribution in [-0.2, 0) is 9.59 Å². The zero-order valence-electron chi connectivity index (χ0n) is 7.71. The van der Waals surface area contributed by atoms with Gasteiger partial charge >= 0.3 is 0 Å². The minimum absolute atomic E-state index is 0.155. The van der Waals surface area contributed by atoms with E-state index >= 15 is 0 Å². The van der Waals surface area contributed by atoms with Gasteiger partial charge in [-0.05, 0) is 31.2 Å². The largest absolute Gasteiger partial charge is 0.326 e. The molecular formula is C10H10FNO2. The number of benzene rings is 1. The van der Waals surface area contributed by atoms with Crippen LogP contribution < -0.4 is 5.32 Å². The Balaban J connectivity index is 2.56. The lowest BCUT2D eigenvalue weighted by Crippen LogP contribution is -2.14. The molecule has 1 rings (SSSR count). The normalized spacial score (nSPS) is 9.57. The predicted molar refractivity (Wildman–Crippen MR) is 50.3 cm³/mol. The minimum atomic E-state index is -0.385. The van der Waals surface area contributed by atoms with Gasteiger partial charge in [-0.1, -0.05) is 0 Å². The molecule has 1 N–H and O–H groups in total. The highest BCUT2D eigenvalue weighted by Crippen LogP contribution is 2.08. The van der Waals surface area contributed by atoms with Crippen LogP contribution in [0.25, 0.3) is 0 Å². The highest BCUT2D eigenvalue weighted by molar-refractivity contribution is 6.03. The molecule has 0 fully saturated rings. The summed E-state index contributed by atoms with van der Waals surface area (Å²) in [5.41, 5.74) is 0.484. The summed E-state index contributed by atoms with van der Waals surface area (Å²) in [4.78, 5) is 21.7. The maximum absolute atomic E-state index is 12.5. The standard InChI is InChI=1S/C10H10FNO2/c1-7(13)6-10(14)12-9-4-2-8(11)3-5-9/h2-5H,6H2,1H3,(H,12,14). The van der Waals surface area contributed by atoms with Gasteiger partial charge < -0.3 is 5.32 Å². The first kappa shape index (κ1) is 10.4. The average molecular weight is 195 g/mol. The molecule has 0 unspecified atom stereocenters. The molecule has 0 atom stereocenters. The van der Waals surface area contributed by atoms with Crippen molar-refractivity contribution < 1.29 is 14.0 Å². The van der Waals surface area contributed by atoms with Crippen LogP contribution in [0.3, 0.4) is 0 Å². The Hall–Kier alpha value is -1.71. The Morgan fingerprint density at radius 2 is 1.86 bits per heavy atom. The molecule has 0 heterocycles. The molecule has 1 aromatic carbocycles. The fraction of sp³-hybridized carbons (Fsp3) is 0.200. The number of carbonyl (C=O) groups excluding carboxylic acids is 2. The second-order valence-electron chi connectivity index (χ2n) is 2.93. The first-order valence-corrected chi connectivity index (χ1v) is 4.13. The quantitative estimate of drug-likeness (QED) is 0.747. The number of hydrogen-bond donors (Lipinski definition) is 1. The number of nitrogens with one attached hydrogen (secondary N) is 1. The van der Waals surface area contributed by atoms with Crippen LogP contribution >= 0.6 is 0 Å². The molecule has 0 bridgehead atoms. The number of Topliss-reactive ketones (excluding diaryl/α,β-unsaturated/α-hetero) is 1. The molecule has 0 aliphatic carbocycles. The maximum Gasteiger partial charge on any atom is 0.231 e. The van der Waals surface area contributed by atoms with Gasteiger partial charge in [0, 0.05) is 5.69 Å². The van der Waals surface area contributed by atoms with Crippen molar-refractivity contribution in [3.63, 3.8) is 0 Å². The van der Waals surface area contributed by atoms with E-state index in [-0.39, 0.29) is 23.9 Å². The number of amides is 1. The van der Waals surface area contributed by atoms with Crippen LogP contribution in [0, 0.1) is 5.82 Å². The lowest BCUT2D eigenvalue weighted by molar-refractivity contribution is -0.124. The van der Waals surface area contributed by atoms with Gasteiger partial charge in [0.25, 0.3) is 0 Å². The van der Waals surface area contributed by atoms with E-state index in [1.54, 1.807) is 0 Å². The Morgan fingerprint density at radius 3 is 2.36 bits per heavy atom. The third kappa shape index (κ3) is 3.35. The van der Waals surface area contributed by atoms with Crippen molar-refractivity contribution in [2.24, 2.45) is 0 Å². The summed E-state index contributed by atoms with van der Waals surface area (Å²) in [6, 6.07) is 5.35. The summed E-state index contributed by atoms with van der Waals surface area (Å²) >= 11 is 0. The van der Waals surface area contributed by atoms with Crippen LogP contribution in [0.2, 0.25) is 0 Å². The van der Waals surface area contributed by atoms with Crippen molar-refractivity contribution in [3.05, 3.63) is 30.1 Å². The summed E-state index contributed by atoms with van der Waals surface area (Å²) in [6.07, 6.45) is -0.155. The highest BCUT2D eigenvalue weighted by Gasteiger charge is 2.04. The van der Waals surface area contributed by atoms with E-state index in [0.29, 0.717) is 5.69 Å². The van der Waals surface area contributed by atoms with Crippen LogP contribution in [0.4, 0.5) is 10.1 Å². The summed E-state index contributed by atoms with van der Waals surface area (Å²) < 4.78 is 12.5. The maximum atomic E-state index is 12.5. The first-order chi connectivity index (χ1) is 6.58. The number of hydrogen-bond acceptors (Lipinski definition) is 2. The Morgan fingerprint density at radius 1 is 1.29 bits per heavy atom. The third-order valence-corrected chi connectivity index (χ3v) is 1.54. The fourth-order valence-corrected chi connectivity index (χ4v) is 0.965. The Bertz CT molecular complexity index is 346. The van der Waals surface area contributed by atoms with E-state index in [1.165, 1.54) is 31.2 Å². The van der Waals surface area contributed by atoms with Crippen LogP contribution in [0.1, 0.15) is 13.3 Å². The van der Waals surface area contributed by atoms with E-state index in [0.717, 1.165) is 0 Å². The van der Waals surface area contributed by atoms with Gasteiger partial charge in [-0.15, -0.1) is 0 Å². The number of carbonyl (C=O) groups is 2. The number of halogens is 1. The van der Waals surface area contributed by atoms with Crippen molar-refractivity contribution in [3.8, 4) is 0 Å². The van der Waals surface area contributed by atoms with Crippen LogP contribution in [-0.4, -0.2) is 11.7 Å². The van der Waals surface area contributed by atoms with Crippen molar-refractivity contribution >= 4 is 17.4 Å². The van der Waals surface area contributed by atoms with Crippen molar-refractivity contribution in [1.29, 1.82) is 0 Å². The summed E-state index contributed by atoms with van der Waals surface area (Å²) in [5.74, 6) is -0.955. The van der Waals surface area contributed by atoms with E-state index in [1.807, 2.05) is 0 Å². The molecule has 14 heavy (non-hydrogen) atoms. The van der Waals surface area contributed by atoms with Crippen molar-refractivity contribution in [1.82, 2.24) is 0 Å². The monoisotopic (exact) mass is 195 g/mol. The van der Waals surface area contributed by atoms with E-state index in [2.05, 4.69) is 5.32 Å². The third-order valence-electron chi connectivity index (χ3n) is 1.54. The van der Waals surface area contributed by atoms with Gasteiger partial charge in [-0.25, -0.2) is 4.39 Å². The van der Waals surface area contributed by atoms with Gasteiger partial charge in [0.05, 0.1) is 6.42 Å². The Labute approximate surface area is 80.9 Å². The molecule has 0 aliphatic rings. The molecule has 0 aromatic heterocycles. The number of ketones is 1. The van der Waals surface area contributed by atoms with E-state index in [4.69, 9.17) is 0 Å². The van der Waals surface area contributed by atoms with E-state index in [9.17, 15) is 14.0 Å². The summed E-state index contributed by atoms with van der Waals surface area (Å²) in [5, 5.41) is 2.47. The summed E-state index contributed by atoms with van der Waals surface area (Å²) in [6.45, 7) is 1.34. The average Bonchev–Trinajstić information content (AvgIpc) is 2.07. The number of rotatable bonds is 3. The van der Waals surface area contributed by atoms with Gasteiger partial charge in [0.2, 0.25) is 5.91 Å². The van der Waals surface area contributed by atoms with Gasteiger partial charge in [0.1, 0.15) is 11.6 Å². The molecule has 1 amide bonds. The van der Waals surface area contributed by atoms with Crippen molar-refractivity contribution in [2.45, 2.75) is 13.3 Å². The highest BCUT2D eigenvalue weighted by atomic mass is 19.1. The number of anilines is 1. The van der Waals surface area contributed by atoms with Crippen LogP contribution in [0.5, 0.6) is 0 Å². The molecule has 1 aromatic rings. The topological polar surface area (TPSA) is 46.2 Å². The molecule has 0 radical (unpaired) electrons. The van der Waals surface area contributed by atoms with Crippen LogP contribution in [0.15, 0.2) is 24.3 Å². The lowest BCUT2D eigenvalue weighted by Gasteiger charge is -2.02. The zero-order chi connectivity index (χ0) is 10.6. The lowest BCUT2D eigenvalue weighted by atomic mass is 10.2. The predicted octanol–water partition coefficient (Wildman–Crippen LogP) is 1.74. The SMILES string of the molecule is CC(=O)CC(=O)Nc1ccc(F)cc1. The molecule has 0 spiro atoms. The van der Waals surface area contributed by atoms with E-state index < -0.39 is 0 Å².